The van der Waals surface area contributed by atoms with Gasteiger partial charge in [0.1, 0.15) is 24.3 Å². The van der Waals surface area contributed by atoms with E-state index < -0.39 is 23.4 Å². The van der Waals surface area contributed by atoms with E-state index >= 15 is 0 Å². The van der Waals surface area contributed by atoms with Gasteiger partial charge in [-0.25, -0.2) is 9.59 Å². The van der Waals surface area contributed by atoms with Crippen LogP contribution in [0.25, 0.3) is 0 Å². The van der Waals surface area contributed by atoms with Gasteiger partial charge in [-0.3, -0.25) is 9.59 Å². The van der Waals surface area contributed by atoms with Crippen LogP contribution < -0.4 is 10.6 Å². The van der Waals surface area contributed by atoms with E-state index in [-0.39, 0.29) is 24.9 Å². The molecular formula is C20H38N4O6S2. The lowest BCUT2D eigenvalue weighted by atomic mass is 10.2. The molecule has 0 aromatic rings. The van der Waals surface area contributed by atoms with Gasteiger partial charge in [0.25, 0.3) is 0 Å². The first-order valence-electron chi connectivity index (χ1n) is 10.3. The van der Waals surface area contributed by atoms with Crippen molar-refractivity contribution in [1.82, 2.24) is 20.4 Å². The molecule has 0 atom stereocenters. The average molecular weight is 495 g/mol. The maximum atomic E-state index is 11.9. The van der Waals surface area contributed by atoms with Gasteiger partial charge in [0.2, 0.25) is 11.8 Å². The first-order chi connectivity index (χ1) is 14.6. The Morgan fingerprint density at radius 2 is 1.00 bits per heavy atom. The third kappa shape index (κ3) is 16.8. The standard InChI is InChI=1S/C20H38N4O6S2/c1-19(2,3)29-17(27)23(7)13-15(25)21-9-11-31-32-12-10-22-16(26)14-24(8)18(28)30-20(4,5)6/h9-14H2,1-8H3,(H,21,25)(H,22,26). The fraction of sp³-hybridized carbons (Fsp3) is 0.800. The van der Waals surface area contributed by atoms with Gasteiger partial charge >= 0.3 is 12.2 Å². The van der Waals surface area contributed by atoms with E-state index in [2.05, 4.69) is 10.6 Å². The van der Waals surface area contributed by atoms with E-state index in [0.29, 0.717) is 24.6 Å². The number of hydrogen-bond acceptors (Lipinski definition) is 8. The third-order valence-electron chi connectivity index (χ3n) is 3.27. The van der Waals surface area contributed by atoms with Crippen LogP contribution >= 0.6 is 21.6 Å². The molecular weight excluding hydrogens is 456 g/mol. The zero-order valence-electron chi connectivity index (χ0n) is 20.4. The second-order valence-electron chi connectivity index (χ2n) is 9.02. The van der Waals surface area contributed by atoms with Crippen LogP contribution in [0.2, 0.25) is 0 Å². The van der Waals surface area contributed by atoms with Crippen LogP contribution in [-0.4, -0.2) is 96.8 Å². The lowest BCUT2D eigenvalue weighted by Crippen LogP contribution is -2.41. The Labute approximate surface area is 199 Å². The topological polar surface area (TPSA) is 117 Å². The summed E-state index contributed by atoms with van der Waals surface area (Å²) in [5.74, 6) is 0.847. The molecule has 0 aliphatic carbocycles. The van der Waals surface area contributed by atoms with Crippen molar-refractivity contribution in [1.29, 1.82) is 0 Å². The molecule has 0 saturated carbocycles. The van der Waals surface area contributed by atoms with E-state index in [1.165, 1.54) is 23.9 Å². The molecule has 0 aromatic carbocycles. The lowest BCUT2D eigenvalue weighted by Gasteiger charge is -2.24. The molecule has 0 aliphatic rings. The highest BCUT2D eigenvalue weighted by Crippen LogP contribution is 2.19. The smallest absolute Gasteiger partial charge is 0.410 e. The van der Waals surface area contributed by atoms with Gasteiger partial charge in [-0.2, -0.15) is 0 Å². The minimum Gasteiger partial charge on any atom is -0.444 e. The molecule has 0 bridgehead atoms. The van der Waals surface area contributed by atoms with Crippen LogP contribution in [0.1, 0.15) is 41.5 Å². The number of ether oxygens (including phenoxy) is 2. The van der Waals surface area contributed by atoms with E-state index in [9.17, 15) is 19.2 Å². The molecule has 0 rings (SSSR count). The van der Waals surface area contributed by atoms with Gasteiger partial charge in [0.15, 0.2) is 0 Å². The molecule has 0 aliphatic heterocycles. The molecule has 0 spiro atoms. The summed E-state index contributed by atoms with van der Waals surface area (Å²) in [4.78, 5) is 49.9. The van der Waals surface area contributed by atoms with Crippen molar-refractivity contribution in [2.24, 2.45) is 0 Å². The van der Waals surface area contributed by atoms with Gasteiger partial charge in [-0.15, -0.1) is 0 Å². The fourth-order valence-corrected chi connectivity index (χ4v) is 3.75. The molecule has 2 N–H and O–H groups in total. The molecule has 0 heterocycles. The zero-order valence-corrected chi connectivity index (χ0v) is 22.0. The summed E-state index contributed by atoms with van der Waals surface area (Å²) < 4.78 is 10.4. The van der Waals surface area contributed by atoms with E-state index in [4.69, 9.17) is 9.47 Å². The first-order valence-corrected chi connectivity index (χ1v) is 12.8. The summed E-state index contributed by atoms with van der Waals surface area (Å²) in [6.45, 7) is 11.4. The number of hydrogen-bond donors (Lipinski definition) is 2. The number of likely N-dealkylation sites (N-methyl/N-ethyl adjacent to an activating group) is 2. The quantitative estimate of drug-likeness (QED) is 0.332. The summed E-state index contributed by atoms with van der Waals surface area (Å²) in [6.07, 6.45) is -1.09. The molecule has 4 amide bonds. The fourth-order valence-electron chi connectivity index (χ4n) is 1.93. The van der Waals surface area contributed by atoms with Crippen molar-refractivity contribution in [3.05, 3.63) is 0 Å². The lowest BCUT2D eigenvalue weighted by molar-refractivity contribution is -0.122. The Hall–Kier alpha value is -1.82. The molecule has 0 unspecified atom stereocenters. The Bertz CT molecular complexity index is 581. The Morgan fingerprint density at radius 3 is 1.28 bits per heavy atom. The Balaban J connectivity index is 3.81. The Kier molecular flexibility index (Phi) is 13.5. The van der Waals surface area contributed by atoms with Crippen molar-refractivity contribution in [3.63, 3.8) is 0 Å². The van der Waals surface area contributed by atoms with E-state index in [0.717, 1.165) is 0 Å². The molecule has 10 nitrogen and oxygen atoms in total. The molecule has 0 fully saturated rings. The number of rotatable bonds is 11. The molecule has 0 saturated heterocycles. The van der Waals surface area contributed by atoms with Gasteiger partial charge < -0.3 is 29.9 Å². The van der Waals surface area contributed by atoms with Gasteiger partial charge in [-0.05, 0) is 41.5 Å². The van der Waals surface area contributed by atoms with E-state index in [1.54, 1.807) is 63.1 Å². The highest BCUT2D eigenvalue weighted by atomic mass is 33.1. The highest BCUT2D eigenvalue weighted by molar-refractivity contribution is 8.76. The van der Waals surface area contributed by atoms with Gasteiger partial charge in [0.05, 0.1) is 0 Å². The van der Waals surface area contributed by atoms with Gasteiger partial charge in [0, 0.05) is 38.7 Å². The maximum absolute atomic E-state index is 11.9. The van der Waals surface area contributed by atoms with Gasteiger partial charge in [-0.1, -0.05) is 21.6 Å². The maximum Gasteiger partial charge on any atom is 0.410 e. The third-order valence-corrected chi connectivity index (χ3v) is 5.68. The van der Waals surface area contributed by atoms with Crippen molar-refractivity contribution < 1.29 is 28.7 Å². The van der Waals surface area contributed by atoms with Crippen molar-refractivity contribution in [2.45, 2.75) is 52.7 Å². The van der Waals surface area contributed by atoms with Crippen LogP contribution in [0.4, 0.5) is 9.59 Å². The minimum absolute atomic E-state index is 0.0729. The average Bonchev–Trinajstić information content (AvgIpc) is 2.60. The Morgan fingerprint density at radius 1 is 0.688 bits per heavy atom. The second kappa shape index (κ2) is 14.4. The molecule has 186 valence electrons. The van der Waals surface area contributed by atoms with Crippen LogP contribution in [0.5, 0.6) is 0 Å². The largest absolute Gasteiger partial charge is 0.444 e. The molecule has 12 heteroatoms. The van der Waals surface area contributed by atoms with Crippen LogP contribution in [0.15, 0.2) is 0 Å². The monoisotopic (exact) mass is 494 g/mol. The molecule has 32 heavy (non-hydrogen) atoms. The highest BCUT2D eigenvalue weighted by Gasteiger charge is 2.22. The predicted molar refractivity (Wildman–Crippen MR) is 129 cm³/mol. The number of amides is 4. The number of carbonyl (C=O) groups excluding carboxylic acids is 4. The van der Waals surface area contributed by atoms with E-state index in [1.807, 2.05) is 0 Å². The van der Waals surface area contributed by atoms with Crippen LogP contribution in [-0.2, 0) is 19.1 Å². The van der Waals surface area contributed by atoms with Crippen molar-refractivity contribution >= 4 is 45.6 Å². The van der Waals surface area contributed by atoms with Crippen LogP contribution in [0.3, 0.4) is 0 Å². The SMILES string of the molecule is CN(CC(=O)NCCSSCCNC(=O)CN(C)C(=O)OC(C)(C)C)C(=O)OC(C)(C)C. The predicted octanol–water partition coefficient (Wildman–Crippen LogP) is 2.33. The summed E-state index contributed by atoms with van der Waals surface area (Å²) in [6, 6.07) is 0. The second-order valence-corrected chi connectivity index (χ2v) is 11.7. The van der Waals surface area contributed by atoms with Crippen LogP contribution in [0, 0.1) is 0 Å². The normalized spacial score (nSPS) is 11.4. The molecule has 0 aromatic heterocycles. The molecule has 0 radical (unpaired) electrons. The summed E-state index contributed by atoms with van der Waals surface area (Å²) in [5.41, 5.74) is -1.22. The zero-order chi connectivity index (χ0) is 24.9. The summed E-state index contributed by atoms with van der Waals surface area (Å²) >= 11 is 0. The van der Waals surface area contributed by atoms with Crippen molar-refractivity contribution in [2.75, 3.05) is 51.8 Å². The first kappa shape index (κ1) is 30.2. The minimum atomic E-state index is -0.608. The van der Waals surface area contributed by atoms with Crippen molar-refractivity contribution in [3.8, 4) is 0 Å². The summed E-state index contributed by atoms with van der Waals surface area (Å²) in [5, 5.41) is 5.49. The number of carbonyl (C=O) groups is 4. The number of nitrogens with one attached hydrogen (secondary N) is 2. The number of nitrogens with zero attached hydrogens (tertiary/aromatic N) is 2. The summed E-state index contributed by atoms with van der Waals surface area (Å²) in [7, 11) is 6.16.